The Hall–Kier alpha value is -0.350. The molecular weight excluding hydrogens is 234 g/mol. The number of amides is 1. The molecule has 1 aliphatic rings. The fourth-order valence-electron chi connectivity index (χ4n) is 1.29. The summed E-state index contributed by atoms with van der Waals surface area (Å²) in [4.78, 5) is 11.4. The molecule has 1 N–H and O–H groups in total. The molecule has 0 radical (unpaired) electrons. The van der Waals surface area contributed by atoms with Crippen LogP contribution in [-0.2, 0) is 9.53 Å². The molecule has 1 amide bonds. The molecule has 0 aromatic carbocycles. The van der Waals surface area contributed by atoms with E-state index in [1.165, 1.54) is 0 Å². The minimum Gasteiger partial charge on any atom is -0.365 e. The van der Waals surface area contributed by atoms with Crippen molar-refractivity contribution in [1.29, 1.82) is 0 Å². The second-order valence-electron chi connectivity index (χ2n) is 3.25. The molecule has 2 atom stereocenters. The molecular formula is C9H14BrNO2. The standard InChI is InChI=1S/C9H14BrNO2/c1-6(10)5-11-9(12)8-4-3-7(2)13-8/h7-8H,1,3-5H2,2H3,(H,11,12)/t7-,8-/m0/s1. The van der Waals surface area contributed by atoms with Gasteiger partial charge in [0.15, 0.2) is 0 Å². The van der Waals surface area contributed by atoms with Crippen LogP contribution in [0, 0.1) is 0 Å². The Kier molecular flexibility index (Phi) is 3.93. The van der Waals surface area contributed by atoms with E-state index < -0.39 is 0 Å². The molecule has 1 aliphatic heterocycles. The molecule has 1 heterocycles. The van der Waals surface area contributed by atoms with E-state index in [1.807, 2.05) is 6.92 Å². The van der Waals surface area contributed by atoms with Crippen LogP contribution in [0.5, 0.6) is 0 Å². The number of ether oxygens (including phenoxy) is 1. The van der Waals surface area contributed by atoms with Gasteiger partial charge < -0.3 is 10.1 Å². The molecule has 0 spiro atoms. The molecule has 0 aromatic heterocycles. The summed E-state index contributed by atoms with van der Waals surface area (Å²) in [5.74, 6) is -0.0371. The third-order valence-electron chi connectivity index (χ3n) is 1.98. The SMILES string of the molecule is C=C(Br)CNC(=O)[C@@H]1CC[C@H](C)O1. The van der Waals surface area contributed by atoms with Crippen molar-refractivity contribution in [2.45, 2.75) is 32.0 Å². The Balaban J connectivity index is 2.27. The maximum absolute atomic E-state index is 11.4. The molecule has 1 rings (SSSR count). The fraction of sp³-hybridized carbons (Fsp3) is 0.667. The first-order valence-corrected chi connectivity index (χ1v) is 5.15. The van der Waals surface area contributed by atoms with Crippen molar-refractivity contribution in [3.8, 4) is 0 Å². The second-order valence-corrected chi connectivity index (χ2v) is 4.37. The first-order chi connectivity index (χ1) is 6.09. The average molecular weight is 248 g/mol. The number of nitrogens with one attached hydrogen (secondary N) is 1. The Bertz CT molecular complexity index is 218. The molecule has 1 fully saturated rings. The predicted molar refractivity (Wildman–Crippen MR) is 54.6 cm³/mol. The highest BCUT2D eigenvalue weighted by Crippen LogP contribution is 2.18. The van der Waals surface area contributed by atoms with Crippen LogP contribution in [0.1, 0.15) is 19.8 Å². The van der Waals surface area contributed by atoms with Crippen LogP contribution >= 0.6 is 15.9 Å². The summed E-state index contributed by atoms with van der Waals surface area (Å²) in [5.41, 5.74) is 0. The van der Waals surface area contributed by atoms with Crippen molar-refractivity contribution >= 4 is 21.8 Å². The fourth-order valence-corrected chi connectivity index (χ4v) is 1.43. The zero-order valence-corrected chi connectivity index (χ0v) is 9.26. The molecule has 3 nitrogen and oxygen atoms in total. The average Bonchev–Trinajstić information content (AvgIpc) is 2.47. The maximum atomic E-state index is 11.4. The smallest absolute Gasteiger partial charge is 0.249 e. The highest BCUT2D eigenvalue weighted by molar-refractivity contribution is 9.11. The lowest BCUT2D eigenvalue weighted by Crippen LogP contribution is -2.35. The second kappa shape index (κ2) is 4.77. The lowest BCUT2D eigenvalue weighted by Gasteiger charge is -2.10. The first kappa shape index (κ1) is 10.7. The van der Waals surface area contributed by atoms with Gasteiger partial charge >= 0.3 is 0 Å². The third kappa shape index (κ3) is 3.48. The number of rotatable bonds is 3. The quantitative estimate of drug-likeness (QED) is 0.823. The number of carbonyl (C=O) groups is 1. The molecule has 0 aliphatic carbocycles. The summed E-state index contributed by atoms with van der Waals surface area (Å²) >= 11 is 3.17. The summed E-state index contributed by atoms with van der Waals surface area (Å²) in [6, 6.07) is 0. The van der Waals surface area contributed by atoms with Crippen molar-refractivity contribution in [3.63, 3.8) is 0 Å². The van der Waals surface area contributed by atoms with Gasteiger partial charge in [0.05, 0.1) is 6.10 Å². The molecule has 13 heavy (non-hydrogen) atoms. The molecule has 4 heteroatoms. The first-order valence-electron chi connectivity index (χ1n) is 4.36. The van der Waals surface area contributed by atoms with Crippen molar-refractivity contribution < 1.29 is 9.53 Å². The minimum atomic E-state index is -0.262. The van der Waals surface area contributed by atoms with E-state index in [9.17, 15) is 4.79 Å². The van der Waals surface area contributed by atoms with Gasteiger partial charge in [-0.2, -0.15) is 0 Å². The number of hydrogen-bond donors (Lipinski definition) is 1. The van der Waals surface area contributed by atoms with Gasteiger partial charge in [0, 0.05) is 11.0 Å². The van der Waals surface area contributed by atoms with E-state index in [2.05, 4.69) is 27.8 Å². The predicted octanol–water partition coefficient (Wildman–Crippen LogP) is 1.58. The van der Waals surface area contributed by atoms with Crippen molar-refractivity contribution in [2.75, 3.05) is 6.54 Å². The zero-order chi connectivity index (χ0) is 9.84. The monoisotopic (exact) mass is 247 g/mol. The zero-order valence-electron chi connectivity index (χ0n) is 7.68. The third-order valence-corrected chi connectivity index (χ3v) is 2.26. The lowest BCUT2D eigenvalue weighted by molar-refractivity contribution is -0.131. The Labute approximate surface area is 86.7 Å². The van der Waals surface area contributed by atoms with Gasteiger partial charge in [-0.05, 0) is 19.8 Å². The van der Waals surface area contributed by atoms with E-state index >= 15 is 0 Å². The van der Waals surface area contributed by atoms with Crippen LogP contribution in [0.2, 0.25) is 0 Å². The van der Waals surface area contributed by atoms with E-state index in [0.29, 0.717) is 6.54 Å². The minimum absolute atomic E-state index is 0.0371. The molecule has 0 aromatic rings. The van der Waals surface area contributed by atoms with E-state index in [1.54, 1.807) is 0 Å². The molecule has 1 saturated heterocycles. The summed E-state index contributed by atoms with van der Waals surface area (Å²) in [7, 11) is 0. The van der Waals surface area contributed by atoms with E-state index in [0.717, 1.165) is 17.3 Å². The van der Waals surface area contributed by atoms with Gasteiger partial charge in [0.25, 0.3) is 0 Å². The Morgan fingerprint density at radius 1 is 1.69 bits per heavy atom. The summed E-state index contributed by atoms with van der Waals surface area (Å²) in [6.07, 6.45) is 1.74. The molecule has 0 bridgehead atoms. The van der Waals surface area contributed by atoms with Crippen LogP contribution < -0.4 is 5.32 Å². The molecule has 74 valence electrons. The van der Waals surface area contributed by atoms with Gasteiger partial charge in [0.1, 0.15) is 6.10 Å². The van der Waals surface area contributed by atoms with E-state index in [4.69, 9.17) is 4.74 Å². The van der Waals surface area contributed by atoms with Crippen LogP contribution in [-0.4, -0.2) is 24.7 Å². The van der Waals surface area contributed by atoms with Crippen LogP contribution in [0.4, 0.5) is 0 Å². The molecule has 0 saturated carbocycles. The van der Waals surface area contributed by atoms with Gasteiger partial charge in [-0.25, -0.2) is 0 Å². The molecule has 0 unspecified atom stereocenters. The van der Waals surface area contributed by atoms with Gasteiger partial charge in [-0.15, -0.1) is 0 Å². The van der Waals surface area contributed by atoms with Gasteiger partial charge in [-0.3, -0.25) is 4.79 Å². The number of carbonyl (C=O) groups excluding carboxylic acids is 1. The maximum Gasteiger partial charge on any atom is 0.249 e. The topological polar surface area (TPSA) is 38.3 Å². The van der Waals surface area contributed by atoms with Crippen LogP contribution in [0.15, 0.2) is 11.1 Å². The van der Waals surface area contributed by atoms with Crippen molar-refractivity contribution in [1.82, 2.24) is 5.32 Å². The highest BCUT2D eigenvalue weighted by Gasteiger charge is 2.27. The van der Waals surface area contributed by atoms with E-state index in [-0.39, 0.29) is 18.1 Å². The Morgan fingerprint density at radius 2 is 2.38 bits per heavy atom. The van der Waals surface area contributed by atoms with Gasteiger partial charge in [-0.1, -0.05) is 22.5 Å². The summed E-state index contributed by atoms with van der Waals surface area (Å²) in [6.45, 7) is 6.08. The Morgan fingerprint density at radius 3 is 2.85 bits per heavy atom. The highest BCUT2D eigenvalue weighted by atomic mass is 79.9. The summed E-state index contributed by atoms with van der Waals surface area (Å²) in [5, 5.41) is 2.73. The van der Waals surface area contributed by atoms with Crippen LogP contribution in [0.25, 0.3) is 0 Å². The van der Waals surface area contributed by atoms with Crippen molar-refractivity contribution in [3.05, 3.63) is 11.1 Å². The largest absolute Gasteiger partial charge is 0.365 e. The summed E-state index contributed by atoms with van der Waals surface area (Å²) < 4.78 is 6.17. The van der Waals surface area contributed by atoms with Gasteiger partial charge in [0.2, 0.25) is 5.91 Å². The van der Waals surface area contributed by atoms with Crippen molar-refractivity contribution in [2.24, 2.45) is 0 Å². The lowest BCUT2D eigenvalue weighted by atomic mass is 10.2. The normalized spacial score (nSPS) is 27.2. The number of hydrogen-bond acceptors (Lipinski definition) is 2. The van der Waals surface area contributed by atoms with Crippen LogP contribution in [0.3, 0.4) is 0 Å². The number of halogens is 1.